The SMILES string of the molecule is Cc1nccn1C(CN)c1ccc(Br)cc1. The van der Waals surface area contributed by atoms with E-state index >= 15 is 0 Å². The minimum Gasteiger partial charge on any atom is -0.328 e. The van der Waals surface area contributed by atoms with Gasteiger partial charge in [0.25, 0.3) is 0 Å². The van der Waals surface area contributed by atoms with Gasteiger partial charge in [-0.3, -0.25) is 0 Å². The molecule has 0 bridgehead atoms. The van der Waals surface area contributed by atoms with Crippen LogP contribution in [0.4, 0.5) is 0 Å². The largest absolute Gasteiger partial charge is 0.328 e. The summed E-state index contributed by atoms with van der Waals surface area (Å²) in [5.41, 5.74) is 7.04. The van der Waals surface area contributed by atoms with E-state index in [1.807, 2.05) is 25.3 Å². The summed E-state index contributed by atoms with van der Waals surface area (Å²) in [7, 11) is 0. The second kappa shape index (κ2) is 4.80. The van der Waals surface area contributed by atoms with Crippen LogP contribution in [0.15, 0.2) is 41.1 Å². The third-order valence-corrected chi connectivity index (χ3v) is 3.20. The van der Waals surface area contributed by atoms with Crippen LogP contribution in [-0.2, 0) is 0 Å². The Morgan fingerprint density at radius 3 is 2.56 bits per heavy atom. The number of rotatable bonds is 3. The molecule has 0 amide bonds. The summed E-state index contributed by atoms with van der Waals surface area (Å²) in [5.74, 6) is 0.985. The quantitative estimate of drug-likeness (QED) is 0.938. The number of hydrogen-bond acceptors (Lipinski definition) is 2. The number of imidazole rings is 1. The Labute approximate surface area is 103 Å². The predicted octanol–water partition coefficient (Wildman–Crippen LogP) is 2.50. The van der Waals surface area contributed by atoms with Crippen molar-refractivity contribution in [2.24, 2.45) is 5.73 Å². The molecule has 1 atom stereocenters. The van der Waals surface area contributed by atoms with Gasteiger partial charge in [0, 0.05) is 23.4 Å². The first kappa shape index (κ1) is 11.4. The van der Waals surface area contributed by atoms with Crippen LogP contribution in [0.2, 0.25) is 0 Å². The van der Waals surface area contributed by atoms with E-state index < -0.39 is 0 Å². The first-order valence-corrected chi connectivity index (χ1v) is 5.96. The van der Waals surface area contributed by atoms with Gasteiger partial charge in [-0.1, -0.05) is 28.1 Å². The van der Waals surface area contributed by atoms with Crippen LogP contribution < -0.4 is 5.73 Å². The van der Waals surface area contributed by atoms with Crippen LogP contribution in [0.5, 0.6) is 0 Å². The van der Waals surface area contributed by atoms with Gasteiger partial charge in [-0.2, -0.15) is 0 Å². The highest BCUT2D eigenvalue weighted by molar-refractivity contribution is 9.10. The zero-order valence-corrected chi connectivity index (χ0v) is 10.7. The smallest absolute Gasteiger partial charge is 0.106 e. The number of nitrogens with two attached hydrogens (primary N) is 1. The summed E-state index contributed by atoms with van der Waals surface area (Å²) in [6, 6.07) is 8.40. The number of aryl methyl sites for hydroxylation is 1. The van der Waals surface area contributed by atoms with Gasteiger partial charge in [0.05, 0.1) is 6.04 Å². The molecular formula is C12H14BrN3. The molecule has 4 heteroatoms. The molecule has 0 saturated heterocycles. The summed E-state index contributed by atoms with van der Waals surface area (Å²) in [4.78, 5) is 4.23. The van der Waals surface area contributed by atoms with Gasteiger partial charge in [0.15, 0.2) is 0 Å². The van der Waals surface area contributed by atoms with E-state index in [2.05, 4.69) is 37.6 Å². The van der Waals surface area contributed by atoms with E-state index in [1.54, 1.807) is 6.20 Å². The molecule has 2 N–H and O–H groups in total. The maximum absolute atomic E-state index is 5.84. The van der Waals surface area contributed by atoms with Crippen molar-refractivity contribution in [3.63, 3.8) is 0 Å². The molecule has 1 heterocycles. The van der Waals surface area contributed by atoms with Crippen molar-refractivity contribution in [3.8, 4) is 0 Å². The lowest BCUT2D eigenvalue weighted by atomic mass is 10.1. The predicted molar refractivity (Wildman–Crippen MR) is 68.3 cm³/mol. The molecular weight excluding hydrogens is 266 g/mol. The summed E-state index contributed by atoms with van der Waals surface area (Å²) in [6.45, 7) is 2.56. The molecule has 2 aromatic rings. The molecule has 16 heavy (non-hydrogen) atoms. The average molecular weight is 280 g/mol. The second-order valence-electron chi connectivity index (χ2n) is 3.68. The van der Waals surface area contributed by atoms with E-state index in [4.69, 9.17) is 5.73 Å². The van der Waals surface area contributed by atoms with E-state index in [0.717, 1.165) is 10.3 Å². The molecule has 1 aromatic carbocycles. The van der Waals surface area contributed by atoms with Gasteiger partial charge in [0.2, 0.25) is 0 Å². The zero-order valence-electron chi connectivity index (χ0n) is 9.10. The van der Waals surface area contributed by atoms with E-state index in [-0.39, 0.29) is 6.04 Å². The topological polar surface area (TPSA) is 43.8 Å². The van der Waals surface area contributed by atoms with Gasteiger partial charge in [-0.05, 0) is 24.6 Å². The highest BCUT2D eigenvalue weighted by Gasteiger charge is 2.12. The van der Waals surface area contributed by atoms with E-state index in [9.17, 15) is 0 Å². The fraction of sp³-hybridized carbons (Fsp3) is 0.250. The summed E-state index contributed by atoms with van der Waals surface area (Å²) in [5, 5.41) is 0. The number of benzene rings is 1. The van der Waals surface area contributed by atoms with Crippen molar-refractivity contribution >= 4 is 15.9 Å². The number of hydrogen-bond donors (Lipinski definition) is 1. The Morgan fingerprint density at radius 1 is 1.38 bits per heavy atom. The van der Waals surface area contributed by atoms with Gasteiger partial charge >= 0.3 is 0 Å². The number of nitrogens with zero attached hydrogens (tertiary/aromatic N) is 2. The lowest BCUT2D eigenvalue weighted by molar-refractivity contribution is 0.578. The van der Waals surface area contributed by atoms with Crippen LogP contribution in [0.1, 0.15) is 17.4 Å². The first-order chi connectivity index (χ1) is 7.72. The van der Waals surface area contributed by atoms with Crippen LogP contribution in [0, 0.1) is 6.92 Å². The average Bonchev–Trinajstić information content (AvgIpc) is 2.69. The molecule has 2 rings (SSSR count). The molecule has 3 nitrogen and oxygen atoms in total. The van der Waals surface area contributed by atoms with Crippen LogP contribution in [0.25, 0.3) is 0 Å². The summed E-state index contributed by atoms with van der Waals surface area (Å²) < 4.78 is 3.18. The molecule has 0 radical (unpaired) electrons. The molecule has 1 unspecified atom stereocenters. The molecule has 0 fully saturated rings. The minimum atomic E-state index is 0.163. The second-order valence-corrected chi connectivity index (χ2v) is 4.60. The normalized spacial score (nSPS) is 12.7. The van der Waals surface area contributed by atoms with Crippen molar-refractivity contribution < 1.29 is 0 Å². The molecule has 0 aliphatic heterocycles. The Kier molecular flexibility index (Phi) is 3.41. The maximum atomic E-state index is 5.84. The van der Waals surface area contributed by atoms with Crippen molar-refractivity contribution in [1.29, 1.82) is 0 Å². The monoisotopic (exact) mass is 279 g/mol. The molecule has 0 saturated carbocycles. The van der Waals surface area contributed by atoms with Gasteiger partial charge in [-0.15, -0.1) is 0 Å². The first-order valence-electron chi connectivity index (χ1n) is 5.17. The van der Waals surface area contributed by atoms with Crippen molar-refractivity contribution in [2.45, 2.75) is 13.0 Å². The molecule has 1 aromatic heterocycles. The number of aromatic nitrogens is 2. The van der Waals surface area contributed by atoms with Crippen molar-refractivity contribution in [2.75, 3.05) is 6.54 Å². The summed E-state index contributed by atoms with van der Waals surface area (Å²) in [6.07, 6.45) is 3.77. The summed E-state index contributed by atoms with van der Waals surface area (Å²) >= 11 is 3.43. The molecule has 84 valence electrons. The Morgan fingerprint density at radius 2 is 2.06 bits per heavy atom. The van der Waals surface area contributed by atoms with Crippen LogP contribution in [-0.4, -0.2) is 16.1 Å². The van der Waals surface area contributed by atoms with Crippen LogP contribution in [0.3, 0.4) is 0 Å². The van der Waals surface area contributed by atoms with Crippen molar-refractivity contribution in [3.05, 3.63) is 52.5 Å². The lowest BCUT2D eigenvalue weighted by Crippen LogP contribution is -2.20. The Balaban J connectivity index is 2.37. The van der Waals surface area contributed by atoms with Gasteiger partial charge < -0.3 is 10.3 Å². The fourth-order valence-electron chi connectivity index (χ4n) is 1.81. The standard InChI is InChI=1S/C12H14BrN3/c1-9-15-6-7-16(9)12(8-14)10-2-4-11(13)5-3-10/h2-7,12H,8,14H2,1H3. The molecule has 0 spiro atoms. The van der Waals surface area contributed by atoms with Crippen LogP contribution >= 0.6 is 15.9 Å². The van der Waals surface area contributed by atoms with E-state index in [0.29, 0.717) is 6.54 Å². The van der Waals surface area contributed by atoms with Gasteiger partial charge in [0.1, 0.15) is 5.82 Å². The molecule has 0 aliphatic rings. The Bertz CT molecular complexity index is 461. The lowest BCUT2D eigenvalue weighted by Gasteiger charge is -2.18. The minimum absolute atomic E-state index is 0.163. The number of halogens is 1. The third-order valence-electron chi connectivity index (χ3n) is 2.68. The zero-order chi connectivity index (χ0) is 11.5. The fourth-order valence-corrected chi connectivity index (χ4v) is 2.08. The third kappa shape index (κ3) is 2.18. The van der Waals surface area contributed by atoms with Gasteiger partial charge in [-0.25, -0.2) is 4.98 Å². The highest BCUT2D eigenvalue weighted by atomic mass is 79.9. The van der Waals surface area contributed by atoms with E-state index in [1.165, 1.54) is 5.56 Å². The Hall–Kier alpha value is -1.13. The molecule has 0 aliphatic carbocycles. The maximum Gasteiger partial charge on any atom is 0.106 e. The van der Waals surface area contributed by atoms with Crippen molar-refractivity contribution in [1.82, 2.24) is 9.55 Å². The highest BCUT2D eigenvalue weighted by Crippen LogP contribution is 2.20.